The van der Waals surface area contributed by atoms with Crippen molar-refractivity contribution in [3.8, 4) is 45.3 Å². The zero-order valence-electron chi connectivity index (χ0n) is 25.1. The minimum atomic E-state index is 0.612. The molecule has 0 saturated carbocycles. The average Bonchev–Trinajstić information content (AvgIpc) is 3.51. The van der Waals surface area contributed by atoms with E-state index in [-0.39, 0.29) is 0 Å². The van der Waals surface area contributed by atoms with E-state index in [1.54, 1.807) is 0 Å². The van der Waals surface area contributed by atoms with E-state index in [1.165, 1.54) is 27.1 Å². The van der Waals surface area contributed by atoms with Crippen molar-refractivity contribution in [2.75, 3.05) is 0 Å². The molecule has 4 nitrogen and oxygen atoms in total. The molecule has 0 unspecified atom stereocenters. The van der Waals surface area contributed by atoms with Crippen LogP contribution in [0.25, 0.3) is 88.8 Å². The number of nitrogens with zero attached hydrogens (tertiary/aromatic N) is 3. The Kier molecular flexibility index (Phi) is 6.00. The SMILES string of the molecule is Cc1cc(-c2cccc3c2ccc2ccccc23)cc2c1oc1cccc(-c3nc(-c4ccccc4)nc(-c4ccccc4)n3)c12. The summed E-state index contributed by atoms with van der Waals surface area (Å²) in [4.78, 5) is 15.0. The highest BCUT2D eigenvalue weighted by Crippen LogP contribution is 2.41. The zero-order chi connectivity index (χ0) is 30.6. The van der Waals surface area contributed by atoms with Gasteiger partial charge in [0.1, 0.15) is 11.2 Å². The first-order valence-electron chi connectivity index (χ1n) is 15.5. The summed E-state index contributed by atoms with van der Waals surface area (Å²) < 4.78 is 6.54. The van der Waals surface area contributed by atoms with E-state index in [4.69, 9.17) is 19.4 Å². The second-order valence-corrected chi connectivity index (χ2v) is 11.7. The summed E-state index contributed by atoms with van der Waals surface area (Å²) in [7, 11) is 0. The van der Waals surface area contributed by atoms with Gasteiger partial charge in [0.15, 0.2) is 17.5 Å². The van der Waals surface area contributed by atoms with Crippen LogP contribution in [0.1, 0.15) is 5.56 Å². The average molecular weight is 590 g/mol. The van der Waals surface area contributed by atoms with E-state index in [2.05, 4.69) is 79.7 Å². The van der Waals surface area contributed by atoms with Gasteiger partial charge in [-0.15, -0.1) is 0 Å². The maximum absolute atomic E-state index is 6.54. The Morgan fingerprint density at radius 3 is 1.83 bits per heavy atom. The topological polar surface area (TPSA) is 51.8 Å². The standard InChI is InChI=1S/C42H27N3O/c1-26-24-30(32-18-10-19-33-31-17-9-8-12-27(31)22-23-34(32)33)25-36-38-35(20-11-21-37(38)46-39(26)36)42-44-40(28-13-4-2-5-14-28)43-41(45-42)29-15-6-3-7-16-29/h2-25H,1H3. The number of furan rings is 1. The third-order valence-corrected chi connectivity index (χ3v) is 8.82. The zero-order valence-corrected chi connectivity index (χ0v) is 25.1. The third kappa shape index (κ3) is 4.26. The maximum Gasteiger partial charge on any atom is 0.164 e. The van der Waals surface area contributed by atoms with Crippen LogP contribution in [0.15, 0.2) is 150 Å². The summed E-state index contributed by atoms with van der Waals surface area (Å²) in [6.07, 6.45) is 0. The molecule has 7 aromatic carbocycles. The molecule has 4 heteroatoms. The first-order valence-corrected chi connectivity index (χ1v) is 15.5. The first-order chi connectivity index (χ1) is 22.7. The van der Waals surface area contributed by atoms with Crippen LogP contribution in [0.2, 0.25) is 0 Å². The number of rotatable bonds is 4. The van der Waals surface area contributed by atoms with Gasteiger partial charge in [-0.25, -0.2) is 15.0 Å². The number of aromatic nitrogens is 3. The van der Waals surface area contributed by atoms with Gasteiger partial charge < -0.3 is 4.42 Å². The van der Waals surface area contributed by atoms with Crippen molar-refractivity contribution in [3.63, 3.8) is 0 Å². The van der Waals surface area contributed by atoms with Crippen LogP contribution in [0, 0.1) is 6.92 Å². The van der Waals surface area contributed by atoms with Crippen molar-refractivity contribution in [1.82, 2.24) is 15.0 Å². The molecule has 2 aromatic heterocycles. The number of hydrogen-bond acceptors (Lipinski definition) is 4. The van der Waals surface area contributed by atoms with Gasteiger partial charge in [0, 0.05) is 27.5 Å². The lowest BCUT2D eigenvalue weighted by Gasteiger charge is -2.11. The highest BCUT2D eigenvalue weighted by molar-refractivity contribution is 6.16. The molecule has 0 N–H and O–H groups in total. The molecular formula is C42H27N3O. The number of benzene rings is 7. The Balaban J connectivity index is 1.30. The van der Waals surface area contributed by atoms with Gasteiger partial charge in [-0.2, -0.15) is 0 Å². The molecule has 0 radical (unpaired) electrons. The van der Waals surface area contributed by atoms with E-state index >= 15 is 0 Å². The molecule has 46 heavy (non-hydrogen) atoms. The smallest absolute Gasteiger partial charge is 0.164 e. The van der Waals surface area contributed by atoms with Gasteiger partial charge in [0.05, 0.1) is 0 Å². The number of aryl methyl sites for hydroxylation is 1. The molecule has 2 heterocycles. The summed E-state index contributed by atoms with van der Waals surface area (Å²) in [5.41, 5.74) is 7.89. The van der Waals surface area contributed by atoms with Crippen molar-refractivity contribution >= 4 is 43.5 Å². The quantitative estimate of drug-likeness (QED) is 0.192. The molecular weight excluding hydrogens is 562 g/mol. The van der Waals surface area contributed by atoms with Gasteiger partial charge in [-0.3, -0.25) is 0 Å². The maximum atomic E-state index is 6.54. The minimum Gasteiger partial charge on any atom is -0.456 e. The fraction of sp³-hybridized carbons (Fsp3) is 0.0238. The van der Waals surface area contributed by atoms with E-state index in [1.807, 2.05) is 72.8 Å². The van der Waals surface area contributed by atoms with Gasteiger partial charge in [0.25, 0.3) is 0 Å². The third-order valence-electron chi connectivity index (χ3n) is 8.82. The Hall–Kier alpha value is -6.13. The Morgan fingerprint density at radius 1 is 0.435 bits per heavy atom. The summed E-state index contributed by atoms with van der Waals surface area (Å²) in [6.45, 7) is 2.12. The van der Waals surface area contributed by atoms with Crippen LogP contribution >= 0.6 is 0 Å². The van der Waals surface area contributed by atoms with Crippen LogP contribution in [0.5, 0.6) is 0 Å². The van der Waals surface area contributed by atoms with Gasteiger partial charge >= 0.3 is 0 Å². The Bertz CT molecular complexity index is 2530. The van der Waals surface area contributed by atoms with Gasteiger partial charge in [-0.1, -0.05) is 127 Å². The molecule has 0 spiro atoms. The van der Waals surface area contributed by atoms with Crippen LogP contribution in [0.4, 0.5) is 0 Å². The van der Waals surface area contributed by atoms with Crippen LogP contribution < -0.4 is 0 Å². The molecule has 0 aliphatic rings. The predicted octanol–water partition coefficient (Wildman–Crippen LogP) is 11.1. The van der Waals surface area contributed by atoms with Crippen LogP contribution in [-0.2, 0) is 0 Å². The Morgan fingerprint density at radius 2 is 1.07 bits per heavy atom. The van der Waals surface area contributed by atoms with Crippen LogP contribution in [0.3, 0.4) is 0 Å². The molecule has 0 amide bonds. The first kappa shape index (κ1) is 26.3. The summed E-state index contributed by atoms with van der Waals surface area (Å²) in [6, 6.07) is 50.4. The van der Waals surface area contributed by atoms with Crippen molar-refractivity contribution in [3.05, 3.63) is 151 Å². The highest BCUT2D eigenvalue weighted by atomic mass is 16.3. The van der Waals surface area contributed by atoms with Crippen molar-refractivity contribution in [1.29, 1.82) is 0 Å². The number of hydrogen-bond donors (Lipinski definition) is 0. The largest absolute Gasteiger partial charge is 0.456 e. The predicted molar refractivity (Wildman–Crippen MR) is 189 cm³/mol. The van der Waals surface area contributed by atoms with Gasteiger partial charge in [-0.05, 0) is 63.4 Å². The van der Waals surface area contributed by atoms with Crippen molar-refractivity contribution in [2.24, 2.45) is 0 Å². The summed E-state index contributed by atoms with van der Waals surface area (Å²) >= 11 is 0. The van der Waals surface area contributed by atoms with Crippen LogP contribution in [-0.4, -0.2) is 15.0 Å². The molecule has 0 fully saturated rings. The lowest BCUT2D eigenvalue weighted by atomic mass is 9.92. The molecule has 0 aliphatic heterocycles. The monoisotopic (exact) mass is 589 g/mol. The molecule has 0 aliphatic carbocycles. The normalized spacial score (nSPS) is 11.6. The van der Waals surface area contributed by atoms with E-state index in [0.29, 0.717) is 17.5 Å². The molecule has 9 rings (SSSR count). The molecule has 9 aromatic rings. The lowest BCUT2D eigenvalue weighted by Crippen LogP contribution is -2.00. The molecule has 0 saturated heterocycles. The van der Waals surface area contributed by atoms with E-state index < -0.39 is 0 Å². The van der Waals surface area contributed by atoms with E-state index in [0.717, 1.165) is 49.8 Å². The number of fused-ring (bicyclic) bond motifs is 6. The lowest BCUT2D eigenvalue weighted by molar-refractivity contribution is 0.666. The fourth-order valence-electron chi connectivity index (χ4n) is 6.66. The second kappa shape index (κ2) is 10.5. The molecule has 0 atom stereocenters. The van der Waals surface area contributed by atoms with E-state index in [9.17, 15) is 0 Å². The van der Waals surface area contributed by atoms with Crippen molar-refractivity contribution < 1.29 is 4.42 Å². The molecule has 0 bridgehead atoms. The molecule has 216 valence electrons. The van der Waals surface area contributed by atoms with Gasteiger partial charge in [0.2, 0.25) is 0 Å². The Labute approximate surface area is 265 Å². The fourth-order valence-corrected chi connectivity index (χ4v) is 6.66. The second-order valence-electron chi connectivity index (χ2n) is 11.7. The summed E-state index contributed by atoms with van der Waals surface area (Å²) in [5, 5.41) is 7.02. The highest BCUT2D eigenvalue weighted by Gasteiger charge is 2.20. The summed E-state index contributed by atoms with van der Waals surface area (Å²) in [5.74, 6) is 1.88. The minimum absolute atomic E-state index is 0.612. The van der Waals surface area contributed by atoms with Crippen molar-refractivity contribution in [2.45, 2.75) is 6.92 Å².